The molecule has 8 heteroatoms. The second-order valence-electron chi connectivity index (χ2n) is 10.5. The number of hydrogen-bond donors (Lipinski definition) is 1. The summed E-state index contributed by atoms with van der Waals surface area (Å²) < 4.78 is 40.6. The molecule has 4 rings (SSSR count). The van der Waals surface area contributed by atoms with Crippen LogP contribution in [0, 0.1) is 6.92 Å². The van der Waals surface area contributed by atoms with E-state index in [9.17, 15) is 13.2 Å². The fraction of sp³-hybridized carbons (Fsp3) is 0.367. The lowest BCUT2D eigenvalue weighted by atomic mass is 9.86. The summed E-state index contributed by atoms with van der Waals surface area (Å²) in [7, 11) is -3.94. The van der Waals surface area contributed by atoms with Gasteiger partial charge < -0.3 is 14.8 Å². The number of rotatable bonds is 8. The second-order valence-corrected chi connectivity index (χ2v) is 12.4. The summed E-state index contributed by atoms with van der Waals surface area (Å²) in [6.45, 7) is 10.6. The minimum absolute atomic E-state index is 0.137. The maximum absolute atomic E-state index is 13.8. The zero-order valence-corrected chi connectivity index (χ0v) is 23.5. The first-order valence-corrected chi connectivity index (χ1v) is 14.3. The topological polar surface area (TPSA) is 84.9 Å². The summed E-state index contributed by atoms with van der Waals surface area (Å²) in [5.41, 5.74) is 3.39. The van der Waals surface area contributed by atoms with Crippen LogP contribution in [0.4, 0.5) is 5.69 Å². The van der Waals surface area contributed by atoms with E-state index in [0.29, 0.717) is 11.4 Å². The zero-order valence-electron chi connectivity index (χ0n) is 22.7. The quantitative estimate of drug-likeness (QED) is 0.409. The highest BCUT2D eigenvalue weighted by atomic mass is 32.2. The van der Waals surface area contributed by atoms with Crippen molar-refractivity contribution in [3.8, 4) is 11.5 Å². The Morgan fingerprint density at radius 3 is 2.37 bits per heavy atom. The Kier molecular flexibility index (Phi) is 8.02. The number of carbonyl (C=O) groups is 1. The third kappa shape index (κ3) is 6.13. The number of hydrogen-bond acceptors (Lipinski definition) is 5. The third-order valence-electron chi connectivity index (χ3n) is 6.60. The zero-order chi connectivity index (χ0) is 27.5. The van der Waals surface area contributed by atoms with Crippen molar-refractivity contribution < 1.29 is 22.7 Å². The molecule has 0 aromatic heterocycles. The van der Waals surface area contributed by atoms with Crippen LogP contribution in [-0.2, 0) is 26.7 Å². The van der Waals surface area contributed by atoms with Gasteiger partial charge in [0.2, 0.25) is 0 Å². The normalized spacial score (nSPS) is 15.4. The Balaban J connectivity index is 1.52. The van der Waals surface area contributed by atoms with Gasteiger partial charge in [0.15, 0.2) is 6.10 Å². The van der Waals surface area contributed by atoms with E-state index in [1.165, 1.54) is 9.87 Å². The van der Waals surface area contributed by atoms with Crippen LogP contribution in [0.5, 0.6) is 11.5 Å². The van der Waals surface area contributed by atoms with Crippen molar-refractivity contribution >= 4 is 21.6 Å². The number of aryl methyl sites for hydroxylation is 2. The van der Waals surface area contributed by atoms with Gasteiger partial charge in [0.1, 0.15) is 18.1 Å². The van der Waals surface area contributed by atoms with Crippen LogP contribution in [0.3, 0.4) is 0 Å². The highest BCUT2D eigenvalue weighted by molar-refractivity contribution is 7.92. The van der Waals surface area contributed by atoms with Crippen molar-refractivity contribution in [2.45, 2.75) is 57.5 Å². The van der Waals surface area contributed by atoms with Gasteiger partial charge in [-0.15, -0.1) is 0 Å². The van der Waals surface area contributed by atoms with Crippen LogP contribution in [0.15, 0.2) is 71.6 Å². The maximum Gasteiger partial charge on any atom is 0.264 e. The SMILES string of the molecule is CCc1ccc(OCCNC(=O)C2CN(S(=O)(=O)c3ccc(C)cc3)c3cc(C(C)(C)C)ccc3O2)cc1. The van der Waals surface area contributed by atoms with Crippen LogP contribution in [0.1, 0.15) is 44.4 Å². The van der Waals surface area contributed by atoms with E-state index in [1.54, 1.807) is 30.3 Å². The smallest absolute Gasteiger partial charge is 0.264 e. The molecular weight excluding hydrogens is 500 g/mol. The van der Waals surface area contributed by atoms with E-state index in [4.69, 9.17) is 9.47 Å². The van der Waals surface area contributed by atoms with Gasteiger partial charge >= 0.3 is 0 Å². The van der Waals surface area contributed by atoms with E-state index >= 15 is 0 Å². The molecule has 0 aliphatic carbocycles. The first-order chi connectivity index (χ1) is 18.0. The van der Waals surface area contributed by atoms with E-state index in [2.05, 4.69) is 33.0 Å². The third-order valence-corrected chi connectivity index (χ3v) is 8.39. The van der Waals surface area contributed by atoms with E-state index < -0.39 is 22.0 Å². The number of nitrogens with zero attached hydrogens (tertiary/aromatic N) is 1. The van der Waals surface area contributed by atoms with Crippen molar-refractivity contribution in [3.05, 3.63) is 83.4 Å². The fourth-order valence-electron chi connectivity index (χ4n) is 4.20. The molecule has 0 bridgehead atoms. The first-order valence-electron chi connectivity index (χ1n) is 12.9. The van der Waals surface area contributed by atoms with Gasteiger partial charge in [-0.05, 0) is 66.3 Å². The molecule has 3 aromatic rings. The van der Waals surface area contributed by atoms with Gasteiger partial charge in [0, 0.05) is 0 Å². The molecule has 0 saturated carbocycles. The highest BCUT2D eigenvalue weighted by Crippen LogP contribution is 2.40. The maximum atomic E-state index is 13.8. The molecular formula is C30H36N2O5S. The number of nitrogens with one attached hydrogen (secondary N) is 1. The molecule has 0 spiro atoms. The molecule has 38 heavy (non-hydrogen) atoms. The molecule has 1 aliphatic heterocycles. The predicted octanol–water partition coefficient (Wildman–Crippen LogP) is 5.01. The molecule has 1 unspecified atom stereocenters. The highest BCUT2D eigenvalue weighted by Gasteiger charge is 2.38. The number of amides is 1. The Morgan fingerprint density at radius 1 is 1.05 bits per heavy atom. The van der Waals surface area contributed by atoms with Gasteiger partial charge in [-0.3, -0.25) is 9.10 Å². The van der Waals surface area contributed by atoms with Crippen molar-refractivity contribution in [1.82, 2.24) is 5.32 Å². The van der Waals surface area contributed by atoms with Gasteiger partial charge in [-0.1, -0.05) is 63.6 Å². The van der Waals surface area contributed by atoms with Crippen LogP contribution in [0.25, 0.3) is 0 Å². The van der Waals surface area contributed by atoms with Gasteiger partial charge in [0.25, 0.3) is 15.9 Å². The average molecular weight is 537 g/mol. The predicted molar refractivity (Wildman–Crippen MR) is 150 cm³/mol. The van der Waals surface area contributed by atoms with Gasteiger partial charge in [0.05, 0.1) is 23.7 Å². The molecule has 0 saturated heterocycles. The van der Waals surface area contributed by atoms with E-state index in [0.717, 1.165) is 23.3 Å². The lowest BCUT2D eigenvalue weighted by Crippen LogP contribution is -2.51. The van der Waals surface area contributed by atoms with Crippen LogP contribution in [0.2, 0.25) is 0 Å². The Labute approximate surface area is 225 Å². The number of ether oxygens (including phenoxy) is 2. The average Bonchev–Trinajstić information content (AvgIpc) is 2.90. The van der Waals surface area contributed by atoms with Crippen molar-refractivity contribution in [1.29, 1.82) is 0 Å². The number of anilines is 1. The lowest BCUT2D eigenvalue weighted by molar-refractivity contribution is -0.127. The number of fused-ring (bicyclic) bond motifs is 1. The van der Waals surface area contributed by atoms with Crippen LogP contribution >= 0.6 is 0 Å². The summed E-state index contributed by atoms with van der Waals surface area (Å²) in [4.78, 5) is 13.2. The standard InChI is InChI=1S/C30H36N2O5S/c1-6-22-9-12-24(13-10-22)36-18-17-31-29(33)28-20-32(38(34,35)25-14-7-21(2)8-15-25)26-19-23(30(3,4)5)11-16-27(26)37-28/h7-16,19,28H,6,17-18,20H2,1-5H3,(H,31,33). The largest absolute Gasteiger partial charge is 0.492 e. The number of carbonyl (C=O) groups excluding carboxylic acids is 1. The van der Waals surface area contributed by atoms with Crippen LogP contribution < -0.4 is 19.1 Å². The molecule has 7 nitrogen and oxygen atoms in total. The van der Waals surface area contributed by atoms with Gasteiger partial charge in [-0.2, -0.15) is 0 Å². The second kappa shape index (κ2) is 11.1. The van der Waals surface area contributed by atoms with Crippen LogP contribution in [-0.4, -0.2) is 40.1 Å². The summed E-state index contributed by atoms with van der Waals surface area (Å²) in [5, 5.41) is 2.82. The summed E-state index contributed by atoms with van der Waals surface area (Å²) in [5.74, 6) is 0.682. The number of benzene rings is 3. The Morgan fingerprint density at radius 2 is 1.74 bits per heavy atom. The number of sulfonamides is 1. The molecule has 1 N–H and O–H groups in total. The van der Waals surface area contributed by atoms with E-state index in [1.807, 2.05) is 43.3 Å². The molecule has 0 fully saturated rings. The minimum Gasteiger partial charge on any atom is -0.492 e. The molecule has 202 valence electrons. The first kappa shape index (κ1) is 27.5. The Bertz CT molecular complexity index is 1380. The monoisotopic (exact) mass is 536 g/mol. The van der Waals surface area contributed by atoms with Crippen molar-refractivity contribution in [2.24, 2.45) is 0 Å². The minimum atomic E-state index is -3.94. The van der Waals surface area contributed by atoms with Gasteiger partial charge in [-0.25, -0.2) is 8.42 Å². The summed E-state index contributed by atoms with van der Waals surface area (Å²) in [6.07, 6.45) is -0.0540. The lowest BCUT2D eigenvalue weighted by Gasteiger charge is -2.36. The van der Waals surface area contributed by atoms with Crippen molar-refractivity contribution in [3.63, 3.8) is 0 Å². The fourth-order valence-corrected chi connectivity index (χ4v) is 5.67. The molecule has 1 aliphatic rings. The summed E-state index contributed by atoms with van der Waals surface area (Å²) >= 11 is 0. The molecule has 1 atom stereocenters. The summed E-state index contributed by atoms with van der Waals surface area (Å²) in [6, 6.07) is 20.0. The van der Waals surface area contributed by atoms with E-state index in [-0.39, 0.29) is 30.0 Å². The molecule has 3 aromatic carbocycles. The Hall–Kier alpha value is -3.52. The molecule has 1 heterocycles. The molecule has 0 radical (unpaired) electrons. The molecule has 1 amide bonds. The van der Waals surface area contributed by atoms with Crippen molar-refractivity contribution in [2.75, 3.05) is 24.0 Å².